The van der Waals surface area contributed by atoms with Crippen LogP contribution in [0.3, 0.4) is 0 Å². The molecule has 3 nitrogen and oxygen atoms in total. The predicted molar refractivity (Wildman–Crippen MR) is 76.5 cm³/mol. The second-order valence-corrected chi connectivity index (χ2v) is 5.24. The summed E-state index contributed by atoms with van der Waals surface area (Å²) in [5, 5.41) is 0.921. The highest BCUT2D eigenvalue weighted by Crippen LogP contribution is 2.23. The van der Waals surface area contributed by atoms with Gasteiger partial charge in [0.25, 0.3) is 5.91 Å². The van der Waals surface area contributed by atoms with Gasteiger partial charge >= 0.3 is 0 Å². The van der Waals surface area contributed by atoms with Crippen molar-refractivity contribution in [1.29, 1.82) is 0 Å². The zero-order valence-corrected chi connectivity index (χ0v) is 11.3. The van der Waals surface area contributed by atoms with Crippen molar-refractivity contribution >= 4 is 28.4 Å². The highest BCUT2D eigenvalue weighted by molar-refractivity contribution is 6.18. The van der Waals surface area contributed by atoms with E-state index in [0.717, 1.165) is 36.0 Å². The average molecular weight is 275 g/mol. The molecule has 2 aromatic rings. The predicted octanol–water partition coefficient (Wildman–Crippen LogP) is 2.94. The lowest BCUT2D eigenvalue weighted by atomic mass is 10.1. The third kappa shape index (κ3) is 2.30. The van der Waals surface area contributed by atoms with Gasteiger partial charge in [-0.25, -0.2) is 0 Å². The number of carbonyl (C=O) groups excluding carboxylic acids is 1. The van der Waals surface area contributed by atoms with Crippen LogP contribution < -0.4 is 0 Å². The van der Waals surface area contributed by atoms with Crippen molar-refractivity contribution < 1.29 is 4.79 Å². The number of hydrogen-bond acceptors (Lipinski definition) is 2. The molecule has 1 aromatic carbocycles. The van der Waals surface area contributed by atoms with Gasteiger partial charge in [0.2, 0.25) is 0 Å². The summed E-state index contributed by atoms with van der Waals surface area (Å²) in [6, 6.07) is 9.50. The van der Waals surface area contributed by atoms with E-state index in [2.05, 4.69) is 4.98 Å². The number of fused-ring (bicyclic) bond motifs is 1. The van der Waals surface area contributed by atoms with Crippen molar-refractivity contribution in [2.75, 3.05) is 19.0 Å². The number of halogens is 1. The van der Waals surface area contributed by atoms with Gasteiger partial charge in [-0.2, -0.15) is 0 Å². The van der Waals surface area contributed by atoms with Gasteiger partial charge in [0.05, 0.1) is 5.52 Å². The van der Waals surface area contributed by atoms with Crippen LogP contribution in [0.2, 0.25) is 0 Å². The Kier molecular flexibility index (Phi) is 3.38. The van der Waals surface area contributed by atoms with E-state index in [9.17, 15) is 4.79 Å². The molecule has 4 heteroatoms. The van der Waals surface area contributed by atoms with Crippen molar-refractivity contribution in [3.05, 3.63) is 42.1 Å². The molecule has 1 aromatic heterocycles. The molecule has 98 valence electrons. The molecule has 2 heterocycles. The standard InChI is InChI=1S/C15H15ClN2O/c16-9-11-6-8-18(10-11)15(19)13-3-1-5-14-12(13)4-2-7-17-14/h1-5,7,11H,6,8-10H2. The van der Waals surface area contributed by atoms with Crippen molar-refractivity contribution in [3.63, 3.8) is 0 Å². The Hall–Kier alpha value is -1.61. The first-order valence-electron chi connectivity index (χ1n) is 6.48. The lowest BCUT2D eigenvalue weighted by molar-refractivity contribution is 0.0790. The molecule has 0 aliphatic carbocycles. The number of likely N-dealkylation sites (tertiary alicyclic amines) is 1. The van der Waals surface area contributed by atoms with Gasteiger partial charge in [-0.15, -0.1) is 11.6 Å². The van der Waals surface area contributed by atoms with E-state index in [-0.39, 0.29) is 5.91 Å². The number of rotatable bonds is 2. The van der Waals surface area contributed by atoms with Gasteiger partial charge < -0.3 is 4.90 Å². The Morgan fingerprint density at radius 1 is 1.37 bits per heavy atom. The monoisotopic (exact) mass is 274 g/mol. The molecule has 1 saturated heterocycles. The molecular formula is C15H15ClN2O. The Morgan fingerprint density at radius 3 is 3.05 bits per heavy atom. The van der Waals surface area contributed by atoms with Gasteiger partial charge in [-0.1, -0.05) is 12.1 Å². The van der Waals surface area contributed by atoms with Crippen molar-refractivity contribution in [1.82, 2.24) is 9.88 Å². The van der Waals surface area contributed by atoms with Crippen LogP contribution in [0.1, 0.15) is 16.8 Å². The van der Waals surface area contributed by atoms with Crippen LogP contribution in [0.5, 0.6) is 0 Å². The van der Waals surface area contributed by atoms with E-state index < -0.39 is 0 Å². The highest BCUT2D eigenvalue weighted by atomic mass is 35.5. The molecule has 3 rings (SSSR count). The summed E-state index contributed by atoms with van der Waals surface area (Å²) in [4.78, 5) is 18.8. The van der Waals surface area contributed by atoms with Crippen molar-refractivity contribution in [2.45, 2.75) is 6.42 Å². The van der Waals surface area contributed by atoms with E-state index in [4.69, 9.17) is 11.6 Å². The minimum absolute atomic E-state index is 0.0891. The molecule has 1 aliphatic heterocycles. The topological polar surface area (TPSA) is 33.2 Å². The summed E-state index contributed by atoms with van der Waals surface area (Å²) < 4.78 is 0. The fourth-order valence-corrected chi connectivity index (χ4v) is 2.86. The van der Waals surface area contributed by atoms with Gasteiger partial charge in [0, 0.05) is 36.1 Å². The minimum Gasteiger partial charge on any atom is -0.338 e. The zero-order chi connectivity index (χ0) is 13.2. The normalized spacial score (nSPS) is 19.0. The summed E-state index contributed by atoms with van der Waals surface area (Å²) in [5.74, 6) is 1.14. The number of aromatic nitrogens is 1. The fourth-order valence-electron chi connectivity index (χ4n) is 2.60. The lowest BCUT2D eigenvalue weighted by Gasteiger charge is -2.17. The van der Waals surface area contributed by atoms with Crippen LogP contribution >= 0.6 is 11.6 Å². The number of benzene rings is 1. The second kappa shape index (κ2) is 5.17. The SMILES string of the molecule is O=C(c1cccc2ncccc12)N1CCC(CCl)C1. The van der Waals surface area contributed by atoms with Crippen LogP contribution in [0.25, 0.3) is 10.9 Å². The highest BCUT2D eigenvalue weighted by Gasteiger charge is 2.27. The molecule has 0 N–H and O–H groups in total. The Balaban J connectivity index is 1.94. The molecule has 0 saturated carbocycles. The second-order valence-electron chi connectivity index (χ2n) is 4.94. The summed E-state index contributed by atoms with van der Waals surface area (Å²) in [6.45, 7) is 1.56. The molecule has 1 fully saturated rings. The minimum atomic E-state index is 0.0891. The van der Waals surface area contributed by atoms with Gasteiger partial charge in [0.15, 0.2) is 0 Å². The van der Waals surface area contributed by atoms with E-state index >= 15 is 0 Å². The maximum absolute atomic E-state index is 12.6. The Bertz CT molecular complexity index is 609. The van der Waals surface area contributed by atoms with Gasteiger partial charge in [0.1, 0.15) is 0 Å². The van der Waals surface area contributed by atoms with E-state index in [1.165, 1.54) is 0 Å². The molecule has 1 unspecified atom stereocenters. The lowest BCUT2D eigenvalue weighted by Crippen LogP contribution is -2.29. The summed E-state index contributed by atoms with van der Waals surface area (Å²) in [5.41, 5.74) is 1.60. The molecule has 1 atom stereocenters. The summed E-state index contributed by atoms with van der Waals surface area (Å²) in [7, 11) is 0. The van der Waals surface area contributed by atoms with Gasteiger partial charge in [-0.3, -0.25) is 9.78 Å². The quantitative estimate of drug-likeness (QED) is 0.789. The number of alkyl halides is 1. The van der Waals surface area contributed by atoms with Crippen LogP contribution in [0, 0.1) is 5.92 Å². The van der Waals surface area contributed by atoms with Crippen molar-refractivity contribution in [2.24, 2.45) is 5.92 Å². The average Bonchev–Trinajstić information content (AvgIpc) is 2.95. The van der Waals surface area contributed by atoms with Crippen molar-refractivity contribution in [3.8, 4) is 0 Å². The van der Waals surface area contributed by atoms with Gasteiger partial charge in [-0.05, 0) is 30.5 Å². The van der Waals surface area contributed by atoms with E-state index in [1.54, 1.807) is 6.20 Å². The zero-order valence-electron chi connectivity index (χ0n) is 10.6. The third-order valence-corrected chi connectivity index (χ3v) is 4.10. The summed E-state index contributed by atoms with van der Waals surface area (Å²) >= 11 is 5.87. The van der Waals surface area contributed by atoms with Crippen LogP contribution in [0.4, 0.5) is 0 Å². The molecule has 0 spiro atoms. The first-order valence-corrected chi connectivity index (χ1v) is 7.02. The van der Waals surface area contributed by atoms with E-state index in [0.29, 0.717) is 11.8 Å². The molecule has 1 aliphatic rings. The maximum atomic E-state index is 12.6. The maximum Gasteiger partial charge on any atom is 0.254 e. The smallest absolute Gasteiger partial charge is 0.254 e. The van der Waals surface area contributed by atoms with Crippen LogP contribution in [-0.2, 0) is 0 Å². The molecule has 19 heavy (non-hydrogen) atoms. The number of nitrogens with zero attached hydrogens (tertiary/aromatic N) is 2. The number of carbonyl (C=O) groups is 1. The molecule has 1 amide bonds. The first kappa shape index (κ1) is 12.4. The Morgan fingerprint density at radius 2 is 2.26 bits per heavy atom. The summed E-state index contributed by atoms with van der Waals surface area (Å²) in [6.07, 6.45) is 2.74. The number of pyridine rings is 1. The fraction of sp³-hybridized carbons (Fsp3) is 0.333. The Labute approximate surface area is 117 Å². The van der Waals surface area contributed by atoms with Crippen LogP contribution in [0.15, 0.2) is 36.5 Å². The number of hydrogen-bond donors (Lipinski definition) is 0. The third-order valence-electron chi connectivity index (χ3n) is 3.67. The van der Waals surface area contributed by atoms with E-state index in [1.807, 2.05) is 35.2 Å². The first-order chi connectivity index (χ1) is 9.29. The molecular weight excluding hydrogens is 260 g/mol. The largest absolute Gasteiger partial charge is 0.338 e. The van der Waals surface area contributed by atoms with Crippen LogP contribution in [-0.4, -0.2) is 34.8 Å². The molecule has 0 bridgehead atoms. The number of amides is 1. The molecule has 0 radical (unpaired) electrons.